The van der Waals surface area contributed by atoms with Crippen LogP contribution in [0.4, 0.5) is 0 Å². The Morgan fingerprint density at radius 2 is 0.980 bits per heavy atom. The number of furan rings is 1. The van der Waals surface area contributed by atoms with Crippen molar-refractivity contribution in [3.8, 4) is 45.3 Å². The Morgan fingerprint density at radius 3 is 1.82 bits per heavy atom. The Morgan fingerprint density at radius 1 is 0.360 bits per heavy atom. The first-order valence-corrected chi connectivity index (χ1v) is 16.9. The molecule has 0 atom stereocenters. The summed E-state index contributed by atoms with van der Waals surface area (Å²) in [5.41, 5.74) is 8.09. The van der Waals surface area contributed by atoms with Crippen LogP contribution in [0.3, 0.4) is 0 Å². The summed E-state index contributed by atoms with van der Waals surface area (Å²) in [5.74, 6) is 1.93. The summed E-state index contributed by atoms with van der Waals surface area (Å²) in [7, 11) is 0. The zero-order valence-corrected chi connectivity index (χ0v) is 27.3. The highest BCUT2D eigenvalue weighted by Crippen LogP contribution is 2.40. The molecule has 8 aromatic carbocycles. The van der Waals surface area contributed by atoms with E-state index < -0.39 is 0 Å². The molecule has 0 radical (unpaired) electrons. The molecule has 0 aliphatic rings. The van der Waals surface area contributed by atoms with Gasteiger partial charge in [-0.25, -0.2) is 15.0 Å². The number of rotatable bonds is 4. The second kappa shape index (κ2) is 11.2. The molecule has 2 heterocycles. The molecule has 0 fully saturated rings. The lowest BCUT2D eigenvalue weighted by Crippen LogP contribution is -2.01. The number of hydrogen-bond donors (Lipinski definition) is 0. The van der Waals surface area contributed by atoms with E-state index in [4.69, 9.17) is 19.4 Å². The van der Waals surface area contributed by atoms with E-state index in [1.54, 1.807) is 0 Å². The number of fused-ring (bicyclic) bond motifs is 6. The van der Waals surface area contributed by atoms with E-state index in [1.165, 1.54) is 16.3 Å². The maximum atomic E-state index is 6.24. The van der Waals surface area contributed by atoms with E-state index in [0.29, 0.717) is 17.5 Å². The van der Waals surface area contributed by atoms with Crippen LogP contribution in [0.15, 0.2) is 162 Å². The van der Waals surface area contributed by atoms with Crippen LogP contribution in [0.25, 0.3) is 99.5 Å². The largest absolute Gasteiger partial charge is 0.456 e. The van der Waals surface area contributed by atoms with Crippen molar-refractivity contribution in [2.24, 2.45) is 0 Å². The number of benzene rings is 8. The molecule has 4 heteroatoms. The van der Waals surface area contributed by atoms with Crippen molar-refractivity contribution < 1.29 is 4.42 Å². The smallest absolute Gasteiger partial charge is 0.164 e. The second-order valence-electron chi connectivity index (χ2n) is 12.9. The molecule has 0 unspecified atom stereocenters. The molecule has 10 aromatic rings. The minimum Gasteiger partial charge on any atom is -0.456 e. The fraction of sp³-hybridized carbons (Fsp3) is 0.0217. The summed E-state index contributed by atoms with van der Waals surface area (Å²) >= 11 is 0. The highest BCUT2D eigenvalue weighted by Gasteiger charge is 2.18. The predicted molar refractivity (Wildman–Crippen MR) is 206 cm³/mol. The van der Waals surface area contributed by atoms with Gasteiger partial charge in [-0.2, -0.15) is 0 Å². The van der Waals surface area contributed by atoms with Crippen molar-refractivity contribution in [1.82, 2.24) is 15.0 Å². The highest BCUT2D eigenvalue weighted by molar-refractivity contribution is 6.13. The van der Waals surface area contributed by atoms with E-state index in [2.05, 4.69) is 134 Å². The van der Waals surface area contributed by atoms with E-state index in [1.807, 2.05) is 30.3 Å². The van der Waals surface area contributed by atoms with Crippen molar-refractivity contribution in [2.75, 3.05) is 0 Å². The molecule has 0 N–H and O–H groups in total. The SMILES string of the molecule is Cc1cc(-c2nc(-c3ccccc3)nc(-c3cc(-c4cccc5cc6oc7ccccc7c6cc45)cc4ccccc34)n2)cc2ccccc12. The van der Waals surface area contributed by atoms with Gasteiger partial charge in [0.15, 0.2) is 17.5 Å². The van der Waals surface area contributed by atoms with E-state index in [-0.39, 0.29) is 0 Å². The van der Waals surface area contributed by atoms with Gasteiger partial charge in [-0.1, -0.05) is 115 Å². The summed E-state index contributed by atoms with van der Waals surface area (Å²) < 4.78 is 6.24. The third kappa shape index (κ3) is 4.65. The molecule has 234 valence electrons. The van der Waals surface area contributed by atoms with Gasteiger partial charge in [0, 0.05) is 27.5 Å². The van der Waals surface area contributed by atoms with Gasteiger partial charge in [-0.3, -0.25) is 0 Å². The van der Waals surface area contributed by atoms with Crippen molar-refractivity contribution >= 4 is 54.3 Å². The molecule has 2 aromatic heterocycles. The van der Waals surface area contributed by atoms with E-state index >= 15 is 0 Å². The first-order chi connectivity index (χ1) is 24.7. The number of hydrogen-bond acceptors (Lipinski definition) is 4. The topological polar surface area (TPSA) is 51.8 Å². The average molecular weight is 640 g/mol. The van der Waals surface area contributed by atoms with Crippen LogP contribution in [0.2, 0.25) is 0 Å². The predicted octanol–water partition coefficient (Wildman–Crippen LogP) is 12.2. The molecule has 0 saturated heterocycles. The molecular formula is C46H29N3O. The maximum absolute atomic E-state index is 6.24. The minimum atomic E-state index is 0.640. The van der Waals surface area contributed by atoms with Crippen molar-refractivity contribution in [2.45, 2.75) is 6.92 Å². The molecule has 4 nitrogen and oxygen atoms in total. The summed E-state index contributed by atoms with van der Waals surface area (Å²) in [6.07, 6.45) is 0. The summed E-state index contributed by atoms with van der Waals surface area (Å²) in [6, 6.07) is 55.2. The van der Waals surface area contributed by atoms with Crippen LogP contribution < -0.4 is 0 Å². The van der Waals surface area contributed by atoms with Gasteiger partial charge in [0.2, 0.25) is 0 Å². The average Bonchev–Trinajstić information content (AvgIpc) is 3.54. The molecule has 0 amide bonds. The standard InChI is InChI=1S/C46H29N3O/c1-28-22-34(24-30-14-5-7-17-35(28)30)45-47-44(29-12-3-2-4-13-29)48-46(49-45)41-25-33(23-31-15-6-8-18-36(31)41)37-20-11-16-32-26-43-40(27-39(32)37)38-19-9-10-21-42(38)50-43/h2-27H,1H3. The summed E-state index contributed by atoms with van der Waals surface area (Å²) in [4.78, 5) is 15.5. The first-order valence-electron chi connectivity index (χ1n) is 16.9. The third-order valence-electron chi connectivity index (χ3n) is 9.79. The molecule has 10 rings (SSSR count). The highest BCUT2D eigenvalue weighted by atomic mass is 16.3. The van der Waals surface area contributed by atoms with Crippen LogP contribution in [-0.2, 0) is 0 Å². The lowest BCUT2D eigenvalue weighted by molar-refractivity contribution is 0.669. The van der Waals surface area contributed by atoms with E-state index in [0.717, 1.165) is 71.3 Å². The van der Waals surface area contributed by atoms with Crippen molar-refractivity contribution in [3.63, 3.8) is 0 Å². The molecular weight excluding hydrogens is 611 g/mol. The molecule has 0 bridgehead atoms. The lowest BCUT2D eigenvalue weighted by Gasteiger charge is -2.14. The van der Waals surface area contributed by atoms with Gasteiger partial charge < -0.3 is 4.42 Å². The Hall–Kier alpha value is -6.65. The van der Waals surface area contributed by atoms with Gasteiger partial charge in [0.05, 0.1) is 0 Å². The first kappa shape index (κ1) is 28.4. The summed E-state index contributed by atoms with van der Waals surface area (Å²) in [6.45, 7) is 2.15. The Labute approximate surface area is 288 Å². The molecule has 0 aliphatic carbocycles. The van der Waals surface area contributed by atoms with Crippen LogP contribution >= 0.6 is 0 Å². The van der Waals surface area contributed by atoms with E-state index in [9.17, 15) is 0 Å². The lowest BCUT2D eigenvalue weighted by atomic mass is 9.92. The molecule has 0 spiro atoms. The monoisotopic (exact) mass is 639 g/mol. The normalized spacial score (nSPS) is 11.7. The number of nitrogens with zero attached hydrogens (tertiary/aromatic N) is 3. The molecule has 0 aliphatic heterocycles. The van der Waals surface area contributed by atoms with Gasteiger partial charge in [0.1, 0.15) is 11.2 Å². The Balaban J connectivity index is 1.23. The van der Waals surface area contributed by atoms with Crippen LogP contribution in [-0.4, -0.2) is 15.0 Å². The van der Waals surface area contributed by atoms with Crippen LogP contribution in [0, 0.1) is 6.92 Å². The number of aromatic nitrogens is 3. The van der Waals surface area contributed by atoms with Crippen molar-refractivity contribution in [1.29, 1.82) is 0 Å². The van der Waals surface area contributed by atoms with Gasteiger partial charge in [-0.15, -0.1) is 0 Å². The number of para-hydroxylation sites is 1. The summed E-state index contributed by atoms with van der Waals surface area (Å²) in [5, 5.41) is 9.12. The van der Waals surface area contributed by atoms with Gasteiger partial charge in [0.25, 0.3) is 0 Å². The second-order valence-corrected chi connectivity index (χ2v) is 12.9. The zero-order chi connectivity index (χ0) is 33.2. The molecule has 0 saturated carbocycles. The van der Waals surface area contributed by atoms with Gasteiger partial charge >= 0.3 is 0 Å². The molecule has 50 heavy (non-hydrogen) atoms. The fourth-order valence-electron chi connectivity index (χ4n) is 7.37. The minimum absolute atomic E-state index is 0.640. The fourth-order valence-corrected chi connectivity index (χ4v) is 7.37. The maximum Gasteiger partial charge on any atom is 0.164 e. The third-order valence-corrected chi connectivity index (χ3v) is 9.79. The van der Waals surface area contributed by atoms with Crippen LogP contribution in [0.5, 0.6) is 0 Å². The van der Waals surface area contributed by atoms with Crippen molar-refractivity contribution in [3.05, 3.63) is 163 Å². The zero-order valence-electron chi connectivity index (χ0n) is 27.3. The Kier molecular flexibility index (Phi) is 6.36. The quantitative estimate of drug-likeness (QED) is 0.192. The van der Waals surface area contributed by atoms with Crippen LogP contribution in [0.1, 0.15) is 5.56 Å². The Bertz CT molecular complexity index is 2940. The number of aryl methyl sites for hydroxylation is 1. The van der Waals surface area contributed by atoms with Gasteiger partial charge in [-0.05, 0) is 98.4 Å².